The van der Waals surface area contributed by atoms with E-state index in [1.54, 1.807) is 6.33 Å². The van der Waals surface area contributed by atoms with Crippen LogP contribution in [0.2, 0.25) is 0 Å². The standard InChI is InChI=1S/C14H21N5O/c1-3-19-9-17-12-13(15-8-16-14(12)19)18-10-6-5-7-11(10)20-4-2/h8-11H,3-7H2,1-2H3,(H,15,16,18)/t10-,11-/m1/s1. The Bertz CT molecular complexity index is 582. The minimum Gasteiger partial charge on any atom is -0.376 e. The van der Waals surface area contributed by atoms with Gasteiger partial charge >= 0.3 is 0 Å². The minimum atomic E-state index is 0.276. The van der Waals surface area contributed by atoms with Gasteiger partial charge in [0.1, 0.15) is 11.8 Å². The molecule has 20 heavy (non-hydrogen) atoms. The average molecular weight is 275 g/mol. The molecule has 6 nitrogen and oxygen atoms in total. The van der Waals surface area contributed by atoms with Crippen LogP contribution in [0.3, 0.4) is 0 Å². The van der Waals surface area contributed by atoms with E-state index in [1.807, 2.05) is 17.8 Å². The largest absolute Gasteiger partial charge is 0.376 e. The molecule has 2 heterocycles. The molecule has 0 bridgehead atoms. The van der Waals surface area contributed by atoms with Gasteiger partial charge in [-0.2, -0.15) is 0 Å². The van der Waals surface area contributed by atoms with Crippen LogP contribution in [0.1, 0.15) is 33.1 Å². The van der Waals surface area contributed by atoms with Gasteiger partial charge in [0.15, 0.2) is 11.5 Å². The number of aromatic nitrogens is 4. The van der Waals surface area contributed by atoms with Crippen LogP contribution in [0.5, 0.6) is 0 Å². The summed E-state index contributed by atoms with van der Waals surface area (Å²) in [5.74, 6) is 0.818. The number of anilines is 1. The normalized spacial score (nSPS) is 22.5. The number of aryl methyl sites for hydroxylation is 1. The first-order valence-electron chi connectivity index (χ1n) is 7.37. The highest BCUT2D eigenvalue weighted by atomic mass is 16.5. The van der Waals surface area contributed by atoms with Crippen LogP contribution in [-0.2, 0) is 11.3 Å². The molecule has 108 valence electrons. The van der Waals surface area contributed by atoms with Crippen molar-refractivity contribution in [1.29, 1.82) is 0 Å². The number of imidazole rings is 1. The van der Waals surface area contributed by atoms with Crippen molar-refractivity contribution in [2.75, 3.05) is 11.9 Å². The summed E-state index contributed by atoms with van der Waals surface area (Å²) in [6, 6.07) is 0.319. The Balaban J connectivity index is 1.85. The predicted octanol–water partition coefficient (Wildman–Crippen LogP) is 2.22. The monoisotopic (exact) mass is 275 g/mol. The van der Waals surface area contributed by atoms with Gasteiger partial charge in [-0.05, 0) is 33.1 Å². The molecule has 1 fully saturated rings. The highest BCUT2D eigenvalue weighted by molar-refractivity contribution is 5.82. The summed E-state index contributed by atoms with van der Waals surface area (Å²) in [5, 5.41) is 3.50. The Kier molecular flexibility index (Phi) is 3.82. The number of fused-ring (bicyclic) bond motifs is 1. The van der Waals surface area contributed by atoms with E-state index < -0.39 is 0 Å². The van der Waals surface area contributed by atoms with Gasteiger partial charge in [-0.3, -0.25) is 0 Å². The Morgan fingerprint density at radius 3 is 3.00 bits per heavy atom. The highest BCUT2D eigenvalue weighted by Crippen LogP contribution is 2.27. The SMILES string of the molecule is CCO[C@@H]1CCC[C@H]1Nc1ncnc2c1ncn2CC. The Labute approximate surface area is 118 Å². The number of nitrogens with zero attached hydrogens (tertiary/aromatic N) is 4. The predicted molar refractivity (Wildman–Crippen MR) is 77.7 cm³/mol. The fraction of sp³-hybridized carbons (Fsp3) is 0.643. The van der Waals surface area contributed by atoms with Crippen molar-refractivity contribution in [2.45, 2.75) is 51.8 Å². The van der Waals surface area contributed by atoms with Crippen molar-refractivity contribution in [3.05, 3.63) is 12.7 Å². The van der Waals surface area contributed by atoms with Gasteiger partial charge in [-0.1, -0.05) is 0 Å². The minimum absolute atomic E-state index is 0.276. The molecule has 2 aromatic heterocycles. The number of hydrogen-bond donors (Lipinski definition) is 1. The fourth-order valence-electron chi connectivity index (χ4n) is 2.90. The van der Waals surface area contributed by atoms with Gasteiger partial charge in [0.2, 0.25) is 0 Å². The molecule has 0 radical (unpaired) electrons. The first-order chi connectivity index (χ1) is 9.83. The molecular weight excluding hydrogens is 254 g/mol. The fourth-order valence-corrected chi connectivity index (χ4v) is 2.90. The second-order valence-electron chi connectivity index (χ2n) is 5.10. The molecule has 6 heteroatoms. The van der Waals surface area contributed by atoms with Gasteiger partial charge in [-0.25, -0.2) is 15.0 Å². The van der Waals surface area contributed by atoms with E-state index >= 15 is 0 Å². The lowest BCUT2D eigenvalue weighted by Gasteiger charge is -2.21. The Morgan fingerprint density at radius 2 is 2.20 bits per heavy atom. The second kappa shape index (κ2) is 5.75. The third-order valence-corrected chi connectivity index (χ3v) is 3.90. The van der Waals surface area contributed by atoms with E-state index in [0.29, 0.717) is 6.04 Å². The molecule has 2 atom stereocenters. The Hall–Kier alpha value is -1.69. The molecular formula is C14H21N5O. The maximum absolute atomic E-state index is 5.79. The van der Waals surface area contributed by atoms with Crippen molar-refractivity contribution in [3.63, 3.8) is 0 Å². The van der Waals surface area contributed by atoms with Crippen LogP contribution in [0.25, 0.3) is 11.2 Å². The maximum Gasteiger partial charge on any atom is 0.165 e. The van der Waals surface area contributed by atoms with Crippen LogP contribution in [0.15, 0.2) is 12.7 Å². The zero-order valence-corrected chi connectivity index (χ0v) is 12.0. The van der Waals surface area contributed by atoms with Gasteiger partial charge in [0.25, 0.3) is 0 Å². The van der Waals surface area contributed by atoms with Crippen LogP contribution in [-0.4, -0.2) is 38.3 Å². The molecule has 1 N–H and O–H groups in total. The zero-order valence-electron chi connectivity index (χ0n) is 12.0. The van der Waals surface area contributed by atoms with Gasteiger partial charge in [0, 0.05) is 13.2 Å². The molecule has 2 aromatic rings. The zero-order chi connectivity index (χ0) is 13.9. The van der Waals surface area contributed by atoms with Crippen LogP contribution >= 0.6 is 0 Å². The molecule has 0 spiro atoms. The lowest BCUT2D eigenvalue weighted by Crippen LogP contribution is -2.31. The van der Waals surface area contributed by atoms with Crippen molar-refractivity contribution in [2.24, 2.45) is 0 Å². The number of rotatable bonds is 5. The first-order valence-corrected chi connectivity index (χ1v) is 7.37. The highest BCUT2D eigenvalue weighted by Gasteiger charge is 2.28. The second-order valence-corrected chi connectivity index (χ2v) is 5.10. The van der Waals surface area contributed by atoms with Crippen molar-refractivity contribution in [1.82, 2.24) is 19.5 Å². The average Bonchev–Trinajstić information content (AvgIpc) is 3.07. The van der Waals surface area contributed by atoms with E-state index in [9.17, 15) is 0 Å². The maximum atomic E-state index is 5.79. The van der Waals surface area contributed by atoms with Crippen molar-refractivity contribution in [3.8, 4) is 0 Å². The van der Waals surface area contributed by atoms with E-state index in [1.165, 1.54) is 6.42 Å². The third kappa shape index (κ3) is 2.35. The van der Waals surface area contributed by atoms with Crippen LogP contribution < -0.4 is 5.32 Å². The summed E-state index contributed by atoms with van der Waals surface area (Å²) in [6.45, 7) is 5.74. The van der Waals surface area contributed by atoms with Gasteiger partial charge < -0.3 is 14.6 Å². The van der Waals surface area contributed by atoms with Crippen LogP contribution in [0, 0.1) is 0 Å². The summed E-state index contributed by atoms with van der Waals surface area (Å²) in [6.07, 6.45) is 7.12. The quantitative estimate of drug-likeness (QED) is 0.906. The van der Waals surface area contributed by atoms with E-state index in [-0.39, 0.29) is 6.10 Å². The molecule has 0 aromatic carbocycles. The van der Waals surface area contributed by atoms with Crippen LogP contribution in [0.4, 0.5) is 5.82 Å². The summed E-state index contributed by atoms with van der Waals surface area (Å²) < 4.78 is 7.82. The van der Waals surface area contributed by atoms with Crippen molar-refractivity contribution >= 4 is 17.0 Å². The number of hydrogen-bond acceptors (Lipinski definition) is 5. The van der Waals surface area contributed by atoms with Gasteiger partial charge in [-0.15, -0.1) is 0 Å². The summed E-state index contributed by atoms with van der Waals surface area (Å²) >= 11 is 0. The summed E-state index contributed by atoms with van der Waals surface area (Å²) in [4.78, 5) is 13.1. The molecule has 0 amide bonds. The topological polar surface area (TPSA) is 64.9 Å². The molecule has 3 rings (SSSR count). The molecule has 0 aliphatic heterocycles. The molecule has 1 aliphatic rings. The lowest BCUT2D eigenvalue weighted by molar-refractivity contribution is 0.0616. The molecule has 1 saturated carbocycles. The van der Waals surface area contributed by atoms with E-state index in [2.05, 4.69) is 27.2 Å². The first kappa shape index (κ1) is 13.3. The number of nitrogens with one attached hydrogen (secondary N) is 1. The summed E-state index contributed by atoms with van der Waals surface area (Å²) in [5.41, 5.74) is 1.73. The van der Waals surface area contributed by atoms with Crippen molar-refractivity contribution < 1.29 is 4.74 Å². The molecule has 0 unspecified atom stereocenters. The van der Waals surface area contributed by atoms with Gasteiger partial charge in [0.05, 0.1) is 18.5 Å². The lowest BCUT2D eigenvalue weighted by atomic mass is 10.2. The van der Waals surface area contributed by atoms with E-state index in [0.717, 1.165) is 43.0 Å². The van der Waals surface area contributed by atoms with E-state index in [4.69, 9.17) is 4.74 Å². The molecule has 0 saturated heterocycles. The summed E-state index contributed by atoms with van der Waals surface area (Å²) in [7, 11) is 0. The number of ether oxygens (including phenoxy) is 1. The third-order valence-electron chi connectivity index (χ3n) is 3.90. The smallest absolute Gasteiger partial charge is 0.165 e. The Morgan fingerprint density at radius 1 is 1.30 bits per heavy atom. The molecule has 1 aliphatic carbocycles.